The molecular formula is C15H24BrN3O2. The van der Waals surface area contributed by atoms with Crippen molar-refractivity contribution in [1.82, 2.24) is 9.78 Å². The third-order valence-corrected chi connectivity index (χ3v) is 4.87. The third kappa shape index (κ3) is 3.86. The number of halogens is 1. The minimum Gasteiger partial charge on any atom is -0.388 e. The maximum Gasteiger partial charge on any atom is 0.283 e. The Morgan fingerprint density at radius 1 is 1.62 bits per heavy atom. The number of nitrogens with zero attached hydrogens (tertiary/aromatic N) is 2. The highest BCUT2D eigenvalue weighted by Crippen LogP contribution is 2.32. The Morgan fingerprint density at radius 2 is 2.33 bits per heavy atom. The Balaban J connectivity index is 2.10. The van der Waals surface area contributed by atoms with Gasteiger partial charge >= 0.3 is 0 Å². The zero-order chi connectivity index (χ0) is 15.6. The molecule has 1 heterocycles. The van der Waals surface area contributed by atoms with E-state index in [9.17, 15) is 9.90 Å². The Bertz CT molecular complexity index is 558. The van der Waals surface area contributed by atoms with Crippen LogP contribution in [0.25, 0.3) is 0 Å². The molecule has 1 saturated carbocycles. The smallest absolute Gasteiger partial charge is 0.283 e. The van der Waals surface area contributed by atoms with Crippen molar-refractivity contribution in [2.45, 2.75) is 58.1 Å². The first-order valence-electron chi connectivity index (χ1n) is 7.56. The molecule has 0 spiro atoms. The Hall–Kier alpha value is -0.880. The number of aliphatic hydroxyl groups is 1. The summed E-state index contributed by atoms with van der Waals surface area (Å²) in [7, 11) is 0. The van der Waals surface area contributed by atoms with Crippen LogP contribution in [-0.2, 0) is 0 Å². The van der Waals surface area contributed by atoms with Gasteiger partial charge in [-0.15, -0.1) is 0 Å². The molecular weight excluding hydrogens is 334 g/mol. The minimum atomic E-state index is -0.690. The van der Waals surface area contributed by atoms with Crippen LogP contribution in [0.15, 0.2) is 15.5 Å². The van der Waals surface area contributed by atoms with Crippen molar-refractivity contribution in [2.24, 2.45) is 5.92 Å². The fraction of sp³-hybridized carbons (Fsp3) is 0.733. The van der Waals surface area contributed by atoms with E-state index in [0.29, 0.717) is 22.6 Å². The van der Waals surface area contributed by atoms with Gasteiger partial charge in [0, 0.05) is 6.54 Å². The molecule has 2 atom stereocenters. The molecule has 0 amide bonds. The maximum absolute atomic E-state index is 12.2. The molecule has 1 aromatic heterocycles. The van der Waals surface area contributed by atoms with Crippen LogP contribution in [0.4, 0.5) is 5.69 Å². The van der Waals surface area contributed by atoms with Crippen LogP contribution >= 0.6 is 15.9 Å². The topological polar surface area (TPSA) is 67.2 Å². The second-order valence-corrected chi connectivity index (χ2v) is 7.29. The normalized spacial score (nSPS) is 26.1. The van der Waals surface area contributed by atoms with E-state index < -0.39 is 5.60 Å². The predicted molar refractivity (Wildman–Crippen MR) is 87.7 cm³/mol. The van der Waals surface area contributed by atoms with Crippen molar-refractivity contribution >= 4 is 21.6 Å². The molecule has 21 heavy (non-hydrogen) atoms. The van der Waals surface area contributed by atoms with Crippen LogP contribution in [0.2, 0.25) is 0 Å². The van der Waals surface area contributed by atoms with E-state index in [0.717, 1.165) is 19.3 Å². The quantitative estimate of drug-likeness (QED) is 0.869. The molecule has 118 valence electrons. The molecule has 1 aromatic rings. The molecule has 0 aliphatic heterocycles. The standard InChI is InChI=1S/C15H24BrN3O2/c1-10(2)19-14(20)13(16)12(8-18-19)17-9-15(21)6-4-5-11(3)7-15/h8,10-11,17,21H,4-7,9H2,1-3H3. The summed E-state index contributed by atoms with van der Waals surface area (Å²) < 4.78 is 1.91. The fourth-order valence-electron chi connectivity index (χ4n) is 2.99. The first-order valence-corrected chi connectivity index (χ1v) is 8.35. The van der Waals surface area contributed by atoms with Crippen molar-refractivity contribution in [3.05, 3.63) is 21.0 Å². The van der Waals surface area contributed by atoms with Gasteiger partial charge in [-0.2, -0.15) is 5.10 Å². The molecule has 0 saturated heterocycles. The number of aromatic nitrogens is 2. The number of nitrogens with one attached hydrogen (secondary N) is 1. The van der Waals surface area contributed by atoms with Crippen LogP contribution in [-0.4, -0.2) is 27.0 Å². The van der Waals surface area contributed by atoms with Crippen molar-refractivity contribution in [3.8, 4) is 0 Å². The molecule has 0 bridgehead atoms. The van der Waals surface area contributed by atoms with E-state index in [4.69, 9.17) is 0 Å². The zero-order valence-electron chi connectivity index (χ0n) is 12.9. The van der Waals surface area contributed by atoms with Gasteiger partial charge in [-0.1, -0.05) is 19.8 Å². The largest absolute Gasteiger partial charge is 0.388 e. The highest BCUT2D eigenvalue weighted by Gasteiger charge is 2.32. The second kappa shape index (κ2) is 6.48. The summed E-state index contributed by atoms with van der Waals surface area (Å²) in [6.07, 6.45) is 5.47. The van der Waals surface area contributed by atoms with E-state index in [1.165, 1.54) is 11.1 Å². The maximum atomic E-state index is 12.2. The molecule has 1 aliphatic rings. The van der Waals surface area contributed by atoms with Crippen LogP contribution in [0.5, 0.6) is 0 Å². The predicted octanol–water partition coefficient (Wildman–Crippen LogP) is 2.94. The van der Waals surface area contributed by atoms with Crippen molar-refractivity contribution in [3.63, 3.8) is 0 Å². The molecule has 2 rings (SSSR count). The van der Waals surface area contributed by atoms with E-state index in [2.05, 4.69) is 33.3 Å². The van der Waals surface area contributed by atoms with Gasteiger partial charge in [0.15, 0.2) is 0 Å². The summed E-state index contributed by atoms with van der Waals surface area (Å²) in [4.78, 5) is 12.2. The minimum absolute atomic E-state index is 0.0197. The lowest BCUT2D eigenvalue weighted by Crippen LogP contribution is -2.41. The van der Waals surface area contributed by atoms with Crippen molar-refractivity contribution in [1.29, 1.82) is 0 Å². The number of anilines is 1. The summed E-state index contributed by atoms with van der Waals surface area (Å²) in [6, 6.07) is 0.0197. The number of hydrogen-bond donors (Lipinski definition) is 2. The monoisotopic (exact) mass is 357 g/mol. The lowest BCUT2D eigenvalue weighted by atomic mass is 9.79. The highest BCUT2D eigenvalue weighted by atomic mass is 79.9. The van der Waals surface area contributed by atoms with Gasteiger partial charge < -0.3 is 10.4 Å². The molecule has 2 N–H and O–H groups in total. The molecule has 6 heteroatoms. The van der Waals surface area contributed by atoms with Crippen LogP contribution in [0.1, 0.15) is 52.5 Å². The summed E-state index contributed by atoms with van der Waals surface area (Å²) in [5, 5.41) is 18.0. The van der Waals surface area contributed by atoms with Crippen molar-refractivity contribution < 1.29 is 5.11 Å². The molecule has 0 aromatic carbocycles. The average molecular weight is 358 g/mol. The lowest BCUT2D eigenvalue weighted by molar-refractivity contribution is -0.000783. The summed E-state index contributed by atoms with van der Waals surface area (Å²) in [5.74, 6) is 0.543. The van der Waals surface area contributed by atoms with Gasteiger partial charge in [-0.3, -0.25) is 4.79 Å². The average Bonchev–Trinajstić information content (AvgIpc) is 2.40. The summed E-state index contributed by atoms with van der Waals surface area (Å²) >= 11 is 3.34. The highest BCUT2D eigenvalue weighted by molar-refractivity contribution is 9.10. The van der Waals surface area contributed by atoms with Crippen molar-refractivity contribution in [2.75, 3.05) is 11.9 Å². The zero-order valence-corrected chi connectivity index (χ0v) is 14.5. The molecule has 5 nitrogen and oxygen atoms in total. The van der Waals surface area contributed by atoms with E-state index in [1.807, 2.05) is 13.8 Å². The van der Waals surface area contributed by atoms with Crippen LogP contribution in [0, 0.1) is 5.92 Å². The second-order valence-electron chi connectivity index (χ2n) is 6.50. The SMILES string of the molecule is CC1CCCC(O)(CNc2cnn(C(C)C)c(=O)c2Br)C1. The number of rotatable bonds is 4. The lowest BCUT2D eigenvalue weighted by Gasteiger charge is -2.35. The molecule has 1 aliphatic carbocycles. The van der Waals surface area contributed by atoms with E-state index >= 15 is 0 Å². The van der Waals surface area contributed by atoms with Gasteiger partial charge in [0.1, 0.15) is 4.47 Å². The first-order chi connectivity index (χ1) is 9.82. The van der Waals surface area contributed by atoms with Gasteiger partial charge in [-0.05, 0) is 48.5 Å². The summed E-state index contributed by atoms with van der Waals surface area (Å²) in [5.41, 5.74) is -0.202. The Kier molecular flexibility index (Phi) is 5.09. The molecule has 0 radical (unpaired) electrons. The van der Waals surface area contributed by atoms with Gasteiger partial charge in [0.2, 0.25) is 0 Å². The van der Waals surface area contributed by atoms with E-state index in [1.54, 1.807) is 6.20 Å². The first kappa shape index (κ1) is 16.5. The summed E-state index contributed by atoms with van der Waals surface area (Å²) in [6.45, 7) is 6.45. The molecule has 2 unspecified atom stereocenters. The van der Waals surface area contributed by atoms with Gasteiger partial charge in [0.25, 0.3) is 5.56 Å². The van der Waals surface area contributed by atoms with E-state index in [-0.39, 0.29) is 11.6 Å². The fourth-order valence-corrected chi connectivity index (χ4v) is 3.41. The van der Waals surface area contributed by atoms with Gasteiger partial charge in [-0.25, -0.2) is 4.68 Å². The Morgan fingerprint density at radius 3 is 2.95 bits per heavy atom. The molecule has 1 fully saturated rings. The number of hydrogen-bond acceptors (Lipinski definition) is 4. The van der Waals surface area contributed by atoms with Gasteiger partial charge in [0.05, 0.1) is 23.5 Å². The third-order valence-electron chi connectivity index (χ3n) is 4.11. The van der Waals surface area contributed by atoms with Crippen LogP contribution in [0.3, 0.4) is 0 Å². The Labute approximate surface area is 133 Å². The van der Waals surface area contributed by atoms with Crippen LogP contribution < -0.4 is 10.9 Å².